The Balaban J connectivity index is 2.05. The summed E-state index contributed by atoms with van der Waals surface area (Å²) >= 11 is 0. The number of nitriles is 1. The molecular weight excluding hydrogens is 296 g/mol. The highest BCUT2D eigenvalue weighted by Gasteiger charge is 2.51. The van der Waals surface area contributed by atoms with Crippen LogP contribution in [0, 0.1) is 17.2 Å². The lowest BCUT2D eigenvalue weighted by atomic mass is 9.82. The summed E-state index contributed by atoms with van der Waals surface area (Å²) in [7, 11) is 0. The van der Waals surface area contributed by atoms with Gasteiger partial charge in [-0.05, 0) is 25.7 Å². The van der Waals surface area contributed by atoms with Gasteiger partial charge in [-0.25, -0.2) is 4.79 Å². The number of hydrogen-bond acceptors (Lipinski definition) is 4. The first-order valence-electron chi connectivity index (χ1n) is 8.10. The molecule has 1 saturated heterocycles. The molecule has 0 aromatic carbocycles. The van der Waals surface area contributed by atoms with Crippen LogP contribution in [-0.4, -0.2) is 40.4 Å². The maximum absolute atomic E-state index is 12.6. The van der Waals surface area contributed by atoms with Gasteiger partial charge in [0.1, 0.15) is 17.6 Å². The highest BCUT2D eigenvalue weighted by atomic mass is 16.2. The van der Waals surface area contributed by atoms with Gasteiger partial charge in [0.15, 0.2) is 0 Å². The molecule has 0 aromatic rings. The molecule has 1 aliphatic carbocycles. The summed E-state index contributed by atoms with van der Waals surface area (Å²) in [5.74, 6) is -0.913. The van der Waals surface area contributed by atoms with E-state index in [1.54, 1.807) is 6.92 Å². The van der Waals surface area contributed by atoms with Gasteiger partial charge in [0.05, 0.1) is 6.07 Å². The number of carbonyl (C=O) groups is 3. The number of hydrogen-bond donors (Lipinski definition) is 2. The van der Waals surface area contributed by atoms with Crippen molar-refractivity contribution in [2.24, 2.45) is 5.92 Å². The molecule has 4 amide bonds. The van der Waals surface area contributed by atoms with Crippen molar-refractivity contribution in [3.05, 3.63) is 0 Å². The van der Waals surface area contributed by atoms with Crippen LogP contribution in [0.1, 0.15) is 52.9 Å². The monoisotopic (exact) mass is 320 g/mol. The fourth-order valence-electron chi connectivity index (χ4n) is 3.09. The molecule has 0 radical (unpaired) electrons. The smallest absolute Gasteiger partial charge is 0.325 e. The predicted molar refractivity (Wildman–Crippen MR) is 83.1 cm³/mol. The van der Waals surface area contributed by atoms with Gasteiger partial charge >= 0.3 is 6.03 Å². The van der Waals surface area contributed by atoms with Gasteiger partial charge in [0.2, 0.25) is 5.91 Å². The lowest BCUT2D eigenvalue weighted by Gasteiger charge is -2.30. The van der Waals surface area contributed by atoms with Gasteiger partial charge in [-0.3, -0.25) is 14.5 Å². The number of imide groups is 1. The zero-order chi connectivity index (χ0) is 17.3. The molecule has 7 nitrogen and oxygen atoms in total. The highest BCUT2D eigenvalue weighted by Crippen LogP contribution is 2.33. The molecule has 7 heteroatoms. The van der Waals surface area contributed by atoms with Gasteiger partial charge in [-0.1, -0.05) is 33.1 Å². The summed E-state index contributed by atoms with van der Waals surface area (Å²) < 4.78 is 0. The highest BCUT2D eigenvalue weighted by molar-refractivity contribution is 6.09. The summed E-state index contributed by atoms with van der Waals surface area (Å²) in [5, 5.41) is 14.6. The molecule has 2 N–H and O–H groups in total. The van der Waals surface area contributed by atoms with Crippen LogP contribution in [0.4, 0.5) is 4.79 Å². The molecular formula is C16H24N4O3. The Kier molecular flexibility index (Phi) is 4.64. The minimum absolute atomic E-state index is 0.0933. The third-order valence-corrected chi connectivity index (χ3v) is 5.04. The Morgan fingerprint density at radius 1 is 1.39 bits per heavy atom. The van der Waals surface area contributed by atoms with Crippen LogP contribution in [0.5, 0.6) is 0 Å². The van der Waals surface area contributed by atoms with Gasteiger partial charge in [-0.2, -0.15) is 5.26 Å². The second-order valence-electron chi connectivity index (χ2n) is 6.98. The summed E-state index contributed by atoms with van der Waals surface area (Å²) in [5.41, 5.74) is -1.86. The van der Waals surface area contributed by atoms with E-state index in [0.29, 0.717) is 12.8 Å². The molecule has 1 spiro atoms. The lowest BCUT2D eigenvalue weighted by molar-refractivity contribution is -0.136. The van der Waals surface area contributed by atoms with Crippen LogP contribution in [-0.2, 0) is 9.59 Å². The van der Waals surface area contributed by atoms with Crippen molar-refractivity contribution in [3.8, 4) is 6.07 Å². The van der Waals surface area contributed by atoms with Crippen LogP contribution in [0.3, 0.4) is 0 Å². The molecule has 1 aliphatic heterocycles. The Bertz CT molecular complexity index is 560. The molecule has 0 unspecified atom stereocenters. The Hall–Kier alpha value is -2.10. The molecule has 1 saturated carbocycles. The zero-order valence-electron chi connectivity index (χ0n) is 13.9. The minimum atomic E-state index is -1.03. The fourth-order valence-corrected chi connectivity index (χ4v) is 3.09. The first-order valence-corrected chi connectivity index (χ1v) is 8.10. The number of rotatable bonds is 4. The van der Waals surface area contributed by atoms with E-state index in [2.05, 4.69) is 16.7 Å². The number of nitrogens with one attached hydrogen (secondary N) is 2. The number of amides is 4. The van der Waals surface area contributed by atoms with Gasteiger partial charge in [-0.15, -0.1) is 0 Å². The number of nitrogens with zero attached hydrogens (tertiary/aromatic N) is 2. The molecule has 0 bridgehead atoms. The van der Waals surface area contributed by atoms with Gasteiger partial charge in [0, 0.05) is 0 Å². The summed E-state index contributed by atoms with van der Waals surface area (Å²) in [6, 6.07) is 1.56. The molecule has 2 rings (SSSR count). The Morgan fingerprint density at radius 2 is 2.00 bits per heavy atom. The van der Waals surface area contributed by atoms with Crippen molar-refractivity contribution in [2.75, 3.05) is 6.54 Å². The van der Waals surface area contributed by atoms with Crippen molar-refractivity contribution < 1.29 is 14.4 Å². The van der Waals surface area contributed by atoms with Crippen molar-refractivity contribution in [2.45, 2.75) is 64.0 Å². The third kappa shape index (κ3) is 3.16. The molecule has 126 valence electrons. The molecule has 2 aliphatic rings. The van der Waals surface area contributed by atoms with E-state index in [0.717, 1.165) is 24.2 Å². The first-order chi connectivity index (χ1) is 10.7. The first kappa shape index (κ1) is 17.3. The number of urea groups is 1. The van der Waals surface area contributed by atoms with Crippen molar-refractivity contribution in [3.63, 3.8) is 0 Å². The summed E-state index contributed by atoms with van der Waals surface area (Å²) in [6.45, 7) is 4.93. The van der Waals surface area contributed by atoms with Crippen molar-refractivity contribution >= 4 is 17.8 Å². The second-order valence-corrected chi connectivity index (χ2v) is 6.98. The van der Waals surface area contributed by atoms with Crippen molar-refractivity contribution in [1.82, 2.24) is 15.5 Å². The molecule has 23 heavy (non-hydrogen) atoms. The molecule has 1 heterocycles. The van der Waals surface area contributed by atoms with Gasteiger partial charge in [0.25, 0.3) is 5.91 Å². The lowest BCUT2D eigenvalue weighted by Crippen LogP contribution is -2.53. The fraction of sp³-hybridized carbons (Fsp3) is 0.750. The van der Waals surface area contributed by atoms with E-state index < -0.39 is 23.0 Å². The quantitative estimate of drug-likeness (QED) is 0.762. The Labute approximate surface area is 136 Å². The van der Waals surface area contributed by atoms with E-state index in [-0.39, 0.29) is 18.4 Å². The SMILES string of the molecule is CC(C)[C@](C)(C#N)NC(=O)CN1C(=O)NC2(CCCCC2)C1=O. The standard InChI is InChI=1S/C16H24N4O3/c1-11(2)15(3,10-17)18-12(21)9-20-13(22)16(19-14(20)23)7-5-4-6-8-16/h11H,4-9H2,1-3H3,(H,18,21)(H,19,23)/t15-/m0/s1. The van der Waals surface area contributed by atoms with Crippen LogP contribution in [0.25, 0.3) is 0 Å². The molecule has 2 fully saturated rings. The van der Waals surface area contributed by atoms with Crippen LogP contribution >= 0.6 is 0 Å². The van der Waals surface area contributed by atoms with Crippen molar-refractivity contribution in [1.29, 1.82) is 5.26 Å². The maximum atomic E-state index is 12.6. The van der Waals surface area contributed by atoms with E-state index in [9.17, 15) is 19.6 Å². The van der Waals surface area contributed by atoms with E-state index in [1.165, 1.54) is 0 Å². The van der Waals surface area contributed by atoms with Crippen LogP contribution in [0.2, 0.25) is 0 Å². The zero-order valence-corrected chi connectivity index (χ0v) is 13.9. The maximum Gasteiger partial charge on any atom is 0.325 e. The second kappa shape index (κ2) is 6.19. The topological polar surface area (TPSA) is 102 Å². The summed E-state index contributed by atoms with van der Waals surface area (Å²) in [6.07, 6.45) is 4.09. The van der Waals surface area contributed by atoms with E-state index in [1.807, 2.05) is 13.8 Å². The van der Waals surface area contributed by atoms with E-state index >= 15 is 0 Å². The average molecular weight is 320 g/mol. The minimum Gasteiger partial charge on any atom is -0.336 e. The average Bonchev–Trinajstić information content (AvgIpc) is 2.72. The van der Waals surface area contributed by atoms with Crippen LogP contribution < -0.4 is 10.6 Å². The number of carbonyl (C=O) groups excluding carboxylic acids is 3. The van der Waals surface area contributed by atoms with E-state index in [4.69, 9.17) is 0 Å². The van der Waals surface area contributed by atoms with Crippen LogP contribution in [0.15, 0.2) is 0 Å². The largest absolute Gasteiger partial charge is 0.336 e. The normalized spacial score (nSPS) is 22.7. The summed E-state index contributed by atoms with van der Waals surface area (Å²) in [4.78, 5) is 37.9. The molecule has 0 aromatic heterocycles. The van der Waals surface area contributed by atoms with Gasteiger partial charge < -0.3 is 10.6 Å². The Morgan fingerprint density at radius 3 is 2.52 bits per heavy atom. The molecule has 1 atom stereocenters. The predicted octanol–water partition coefficient (Wildman–Crippen LogP) is 1.30. The third-order valence-electron chi connectivity index (χ3n) is 5.04.